The minimum Gasteiger partial charge on any atom is -0.317 e. The fourth-order valence-corrected chi connectivity index (χ4v) is 2.73. The Bertz CT molecular complexity index is 367. The van der Waals surface area contributed by atoms with Crippen molar-refractivity contribution < 1.29 is 4.39 Å². The fourth-order valence-electron chi connectivity index (χ4n) is 2.57. The second-order valence-electron chi connectivity index (χ2n) is 4.51. The van der Waals surface area contributed by atoms with Crippen LogP contribution in [0.5, 0.6) is 0 Å². The molecule has 1 fully saturated rings. The third-order valence-corrected chi connectivity index (χ3v) is 3.72. The highest BCUT2D eigenvalue weighted by molar-refractivity contribution is 6.30. The normalized spacial score (nSPS) is 25.7. The zero-order chi connectivity index (χ0) is 11.5. The zero-order valence-corrected chi connectivity index (χ0v) is 10.2. The van der Waals surface area contributed by atoms with Crippen LogP contribution in [0.15, 0.2) is 18.2 Å². The molecule has 1 nitrogen and oxygen atoms in total. The van der Waals surface area contributed by atoms with Gasteiger partial charge in [0.15, 0.2) is 0 Å². The van der Waals surface area contributed by atoms with Crippen LogP contribution in [0.25, 0.3) is 0 Å². The Morgan fingerprint density at radius 2 is 2.19 bits per heavy atom. The van der Waals surface area contributed by atoms with E-state index in [-0.39, 0.29) is 5.82 Å². The first-order valence-corrected chi connectivity index (χ1v) is 6.20. The van der Waals surface area contributed by atoms with E-state index in [4.69, 9.17) is 11.6 Å². The van der Waals surface area contributed by atoms with Gasteiger partial charge in [-0.05, 0) is 49.9 Å². The van der Waals surface area contributed by atoms with Crippen LogP contribution < -0.4 is 5.32 Å². The van der Waals surface area contributed by atoms with Crippen LogP contribution in [0.2, 0.25) is 5.02 Å². The van der Waals surface area contributed by atoms with Crippen molar-refractivity contribution in [1.29, 1.82) is 0 Å². The van der Waals surface area contributed by atoms with Crippen LogP contribution >= 0.6 is 11.6 Å². The monoisotopic (exact) mass is 241 g/mol. The summed E-state index contributed by atoms with van der Waals surface area (Å²) in [5.41, 5.74) is 0.823. The van der Waals surface area contributed by atoms with E-state index in [2.05, 4.69) is 5.32 Å². The largest absolute Gasteiger partial charge is 0.317 e. The van der Waals surface area contributed by atoms with Crippen LogP contribution in [0.1, 0.15) is 37.2 Å². The zero-order valence-electron chi connectivity index (χ0n) is 9.47. The van der Waals surface area contributed by atoms with Gasteiger partial charge in [-0.2, -0.15) is 0 Å². The predicted molar refractivity (Wildman–Crippen MR) is 65.5 cm³/mol. The molecule has 1 aliphatic carbocycles. The van der Waals surface area contributed by atoms with Crippen molar-refractivity contribution in [3.05, 3.63) is 34.6 Å². The Hall–Kier alpha value is -0.600. The van der Waals surface area contributed by atoms with Crippen LogP contribution in [-0.2, 0) is 0 Å². The van der Waals surface area contributed by atoms with Gasteiger partial charge in [-0.1, -0.05) is 24.1 Å². The molecular weight excluding hydrogens is 225 g/mol. The van der Waals surface area contributed by atoms with Gasteiger partial charge >= 0.3 is 0 Å². The molecule has 2 rings (SSSR count). The molecule has 0 radical (unpaired) electrons. The summed E-state index contributed by atoms with van der Waals surface area (Å²) in [7, 11) is 1.98. The summed E-state index contributed by atoms with van der Waals surface area (Å²) < 4.78 is 13.8. The molecule has 0 heterocycles. The molecule has 0 spiro atoms. The second kappa shape index (κ2) is 5.15. The molecule has 1 saturated carbocycles. The number of benzene rings is 1. The van der Waals surface area contributed by atoms with Gasteiger partial charge in [0.2, 0.25) is 0 Å². The molecule has 0 bridgehead atoms. The molecule has 1 N–H and O–H groups in total. The number of nitrogens with one attached hydrogen (secondary N) is 1. The van der Waals surface area contributed by atoms with Gasteiger partial charge in [-0.25, -0.2) is 4.39 Å². The lowest BCUT2D eigenvalue weighted by Crippen LogP contribution is -2.30. The average Bonchev–Trinajstić information content (AvgIpc) is 2.29. The van der Waals surface area contributed by atoms with Gasteiger partial charge in [0, 0.05) is 11.1 Å². The van der Waals surface area contributed by atoms with Crippen molar-refractivity contribution in [1.82, 2.24) is 5.32 Å². The second-order valence-corrected chi connectivity index (χ2v) is 4.95. The number of halogens is 2. The maximum atomic E-state index is 13.8. The highest BCUT2D eigenvalue weighted by Crippen LogP contribution is 2.34. The fraction of sp³-hybridized carbons (Fsp3) is 0.538. The topological polar surface area (TPSA) is 12.0 Å². The van der Waals surface area contributed by atoms with Gasteiger partial charge in [0.25, 0.3) is 0 Å². The lowest BCUT2D eigenvalue weighted by Gasteiger charge is -2.29. The molecule has 0 aromatic heterocycles. The Morgan fingerprint density at radius 3 is 2.88 bits per heavy atom. The Kier molecular flexibility index (Phi) is 3.82. The Labute approximate surface area is 101 Å². The summed E-state index contributed by atoms with van der Waals surface area (Å²) in [6.07, 6.45) is 4.46. The number of hydrogen-bond donors (Lipinski definition) is 1. The van der Waals surface area contributed by atoms with E-state index in [1.807, 2.05) is 13.1 Å². The third kappa shape index (κ3) is 2.55. The van der Waals surface area contributed by atoms with E-state index < -0.39 is 0 Å². The third-order valence-electron chi connectivity index (χ3n) is 3.48. The first kappa shape index (κ1) is 11.9. The van der Waals surface area contributed by atoms with Gasteiger partial charge in [0.1, 0.15) is 5.82 Å². The standard InChI is InChI=1S/C13H17ClFN/c1-16-11-4-2-3-9(7-11)12-6-5-10(14)8-13(12)15/h5-6,8-9,11,16H,2-4,7H2,1H3. The minimum atomic E-state index is -0.158. The molecule has 0 amide bonds. The molecular formula is C13H17ClFN. The van der Waals surface area contributed by atoms with E-state index in [1.165, 1.54) is 12.5 Å². The average molecular weight is 242 g/mol. The van der Waals surface area contributed by atoms with Crippen LogP contribution in [0.4, 0.5) is 4.39 Å². The van der Waals surface area contributed by atoms with Crippen molar-refractivity contribution in [3.63, 3.8) is 0 Å². The molecule has 2 unspecified atom stereocenters. The predicted octanol–water partition coefficient (Wildman–Crippen LogP) is 3.72. The van der Waals surface area contributed by atoms with Crippen LogP contribution in [0.3, 0.4) is 0 Å². The van der Waals surface area contributed by atoms with E-state index in [9.17, 15) is 4.39 Å². The lowest BCUT2D eigenvalue weighted by molar-refractivity contribution is 0.349. The molecule has 88 valence electrons. The molecule has 1 aromatic carbocycles. The first-order valence-electron chi connectivity index (χ1n) is 5.83. The smallest absolute Gasteiger partial charge is 0.128 e. The maximum absolute atomic E-state index is 13.8. The molecule has 3 heteroatoms. The molecule has 1 aromatic rings. The van der Waals surface area contributed by atoms with Crippen LogP contribution in [-0.4, -0.2) is 13.1 Å². The first-order chi connectivity index (χ1) is 7.70. The molecule has 0 saturated heterocycles. The van der Waals surface area contributed by atoms with Crippen molar-refractivity contribution in [3.8, 4) is 0 Å². The van der Waals surface area contributed by atoms with Gasteiger partial charge in [-0.3, -0.25) is 0 Å². The van der Waals surface area contributed by atoms with Crippen molar-refractivity contribution in [2.75, 3.05) is 7.05 Å². The summed E-state index contributed by atoms with van der Waals surface area (Å²) in [4.78, 5) is 0. The minimum absolute atomic E-state index is 0.158. The van der Waals surface area contributed by atoms with Gasteiger partial charge in [0.05, 0.1) is 0 Å². The van der Waals surface area contributed by atoms with Crippen molar-refractivity contribution in [2.45, 2.75) is 37.6 Å². The van der Waals surface area contributed by atoms with Gasteiger partial charge < -0.3 is 5.32 Å². The highest BCUT2D eigenvalue weighted by Gasteiger charge is 2.24. The van der Waals surface area contributed by atoms with Gasteiger partial charge in [-0.15, -0.1) is 0 Å². The van der Waals surface area contributed by atoms with Crippen molar-refractivity contribution >= 4 is 11.6 Å². The summed E-state index contributed by atoms with van der Waals surface area (Å²) in [5.74, 6) is 0.178. The number of rotatable bonds is 2. The van der Waals surface area contributed by atoms with E-state index >= 15 is 0 Å². The molecule has 0 aliphatic heterocycles. The molecule has 1 aliphatic rings. The summed E-state index contributed by atoms with van der Waals surface area (Å²) >= 11 is 5.76. The summed E-state index contributed by atoms with van der Waals surface area (Å²) in [6.45, 7) is 0. The highest BCUT2D eigenvalue weighted by atomic mass is 35.5. The molecule has 2 atom stereocenters. The van der Waals surface area contributed by atoms with E-state index in [0.717, 1.165) is 24.8 Å². The number of hydrogen-bond acceptors (Lipinski definition) is 1. The van der Waals surface area contributed by atoms with Crippen LogP contribution in [0, 0.1) is 5.82 Å². The maximum Gasteiger partial charge on any atom is 0.128 e. The quantitative estimate of drug-likeness (QED) is 0.832. The van der Waals surface area contributed by atoms with E-state index in [0.29, 0.717) is 17.0 Å². The lowest BCUT2D eigenvalue weighted by atomic mass is 9.81. The van der Waals surface area contributed by atoms with Crippen molar-refractivity contribution in [2.24, 2.45) is 0 Å². The van der Waals surface area contributed by atoms with E-state index in [1.54, 1.807) is 6.07 Å². The Balaban J connectivity index is 2.16. The SMILES string of the molecule is CNC1CCCC(c2ccc(Cl)cc2F)C1. The summed E-state index contributed by atoms with van der Waals surface area (Å²) in [5, 5.41) is 3.76. The Morgan fingerprint density at radius 1 is 1.38 bits per heavy atom. The summed E-state index contributed by atoms with van der Waals surface area (Å²) in [6, 6.07) is 5.55. The molecule has 16 heavy (non-hydrogen) atoms.